The second-order valence-corrected chi connectivity index (χ2v) is 7.80. The van der Waals surface area contributed by atoms with E-state index in [-0.39, 0.29) is 11.7 Å². The van der Waals surface area contributed by atoms with E-state index in [1.54, 1.807) is 12.1 Å². The Labute approximate surface area is 185 Å². The van der Waals surface area contributed by atoms with Crippen molar-refractivity contribution in [2.24, 2.45) is 10.3 Å². The van der Waals surface area contributed by atoms with Gasteiger partial charge in [0.1, 0.15) is 6.04 Å². The minimum Gasteiger partial charge on any atom is -0.379 e. The molecule has 0 spiro atoms. The number of hydrogen-bond donors (Lipinski definition) is 0. The average Bonchev–Trinajstić information content (AvgIpc) is 3.27. The predicted molar refractivity (Wildman–Crippen MR) is 120 cm³/mol. The van der Waals surface area contributed by atoms with Gasteiger partial charge in [-0.2, -0.15) is 5.11 Å². The van der Waals surface area contributed by atoms with Gasteiger partial charge in [-0.1, -0.05) is 65.9 Å². The van der Waals surface area contributed by atoms with Crippen molar-refractivity contribution in [1.82, 2.24) is 4.90 Å². The summed E-state index contributed by atoms with van der Waals surface area (Å²) in [6, 6.07) is 26.6. The molecule has 3 aromatic rings. The molecule has 8 nitrogen and oxygen atoms in total. The molecule has 2 aliphatic rings. The fourth-order valence-electron chi connectivity index (χ4n) is 4.62. The van der Waals surface area contributed by atoms with Crippen molar-refractivity contribution in [3.63, 3.8) is 0 Å². The normalized spacial score (nSPS) is 23.4. The second-order valence-electron chi connectivity index (χ2n) is 7.80. The van der Waals surface area contributed by atoms with Crippen LogP contribution in [0, 0.1) is 10.1 Å². The van der Waals surface area contributed by atoms with Crippen LogP contribution in [0.2, 0.25) is 0 Å². The zero-order chi connectivity index (χ0) is 22.0. The molecule has 32 heavy (non-hydrogen) atoms. The van der Waals surface area contributed by atoms with E-state index in [9.17, 15) is 10.1 Å². The zero-order valence-electron chi connectivity index (χ0n) is 17.4. The SMILES string of the molecule is O=[N+]([O-])c1ccc(N2N=N[C@@H](c3ccccc3)[C@@]2(c2ccccc2)N2CCOCC2)cc1. The maximum Gasteiger partial charge on any atom is 0.269 e. The van der Waals surface area contributed by atoms with Gasteiger partial charge in [0.2, 0.25) is 0 Å². The second kappa shape index (κ2) is 8.49. The van der Waals surface area contributed by atoms with Crippen LogP contribution < -0.4 is 5.01 Å². The van der Waals surface area contributed by atoms with Crippen LogP contribution in [0.5, 0.6) is 0 Å². The molecular formula is C24H23N5O3. The van der Waals surface area contributed by atoms with Crippen LogP contribution in [0.3, 0.4) is 0 Å². The minimum absolute atomic E-state index is 0.0428. The van der Waals surface area contributed by atoms with E-state index < -0.39 is 10.6 Å². The number of ether oxygens (including phenoxy) is 1. The molecule has 0 N–H and O–H groups in total. The smallest absolute Gasteiger partial charge is 0.269 e. The molecular weight excluding hydrogens is 406 g/mol. The molecule has 8 heteroatoms. The third-order valence-corrected chi connectivity index (χ3v) is 6.07. The molecule has 0 radical (unpaired) electrons. The lowest BCUT2D eigenvalue weighted by molar-refractivity contribution is -0.384. The van der Waals surface area contributed by atoms with Crippen molar-refractivity contribution in [2.75, 3.05) is 31.3 Å². The van der Waals surface area contributed by atoms with Gasteiger partial charge in [0.25, 0.3) is 5.69 Å². The fraction of sp³-hybridized carbons (Fsp3) is 0.250. The van der Waals surface area contributed by atoms with Crippen molar-refractivity contribution in [1.29, 1.82) is 0 Å². The Bertz CT molecular complexity index is 1100. The summed E-state index contributed by atoms with van der Waals surface area (Å²) < 4.78 is 5.67. The monoisotopic (exact) mass is 429 g/mol. The topological polar surface area (TPSA) is 83.6 Å². The van der Waals surface area contributed by atoms with Gasteiger partial charge in [0.05, 0.1) is 23.8 Å². The largest absolute Gasteiger partial charge is 0.379 e. The van der Waals surface area contributed by atoms with Crippen molar-refractivity contribution in [3.05, 3.63) is 106 Å². The van der Waals surface area contributed by atoms with Gasteiger partial charge in [-0.15, -0.1) is 0 Å². The molecule has 0 unspecified atom stereocenters. The molecule has 0 saturated carbocycles. The molecule has 5 rings (SSSR count). The number of anilines is 1. The van der Waals surface area contributed by atoms with E-state index in [0.717, 1.165) is 16.8 Å². The first-order chi connectivity index (χ1) is 15.7. The first-order valence-corrected chi connectivity index (χ1v) is 10.6. The number of morpholine rings is 1. The summed E-state index contributed by atoms with van der Waals surface area (Å²) >= 11 is 0. The zero-order valence-corrected chi connectivity index (χ0v) is 17.4. The Kier molecular flexibility index (Phi) is 5.38. The first-order valence-electron chi connectivity index (χ1n) is 10.6. The molecule has 1 saturated heterocycles. The quantitative estimate of drug-likeness (QED) is 0.433. The third-order valence-electron chi connectivity index (χ3n) is 6.07. The number of nitrogens with zero attached hydrogens (tertiary/aromatic N) is 5. The van der Waals surface area contributed by atoms with Crippen molar-refractivity contribution < 1.29 is 9.66 Å². The summed E-state index contributed by atoms with van der Waals surface area (Å²) in [5.41, 5.74) is 2.16. The van der Waals surface area contributed by atoms with Crippen LogP contribution in [-0.4, -0.2) is 36.1 Å². The molecule has 1 fully saturated rings. The third kappa shape index (κ3) is 3.34. The number of nitro benzene ring substituents is 1. The van der Waals surface area contributed by atoms with Crippen molar-refractivity contribution in [2.45, 2.75) is 11.7 Å². The fourth-order valence-corrected chi connectivity index (χ4v) is 4.62. The number of non-ortho nitro benzene ring substituents is 1. The van der Waals surface area contributed by atoms with Gasteiger partial charge in [0, 0.05) is 25.2 Å². The predicted octanol–water partition coefficient (Wildman–Crippen LogP) is 4.71. The highest BCUT2D eigenvalue weighted by Gasteiger charge is 2.55. The highest BCUT2D eigenvalue weighted by atomic mass is 16.6. The van der Waals surface area contributed by atoms with Crippen LogP contribution in [0.15, 0.2) is 95.3 Å². The Morgan fingerprint density at radius 1 is 0.906 bits per heavy atom. The van der Waals surface area contributed by atoms with Gasteiger partial charge in [0.15, 0.2) is 5.66 Å². The maximum atomic E-state index is 11.2. The average molecular weight is 429 g/mol. The molecule has 162 valence electrons. The van der Waals surface area contributed by atoms with Crippen LogP contribution >= 0.6 is 0 Å². The van der Waals surface area contributed by atoms with Crippen LogP contribution in [0.1, 0.15) is 17.2 Å². The summed E-state index contributed by atoms with van der Waals surface area (Å²) in [4.78, 5) is 13.2. The van der Waals surface area contributed by atoms with Crippen molar-refractivity contribution in [3.8, 4) is 0 Å². The van der Waals surface area contributed by atoms with Gasteiger partial charge in [-0.25, -0.2) is 5.01 Å². The van der Waals surface area contributed by atoms with Crippen LogP contribution in [0.25, 0.3) is 0 Å². The van der Waals surface area contributed by atoms with Gasteiger partial charge >= 0.3 is 0 Å². The summed E-state index contributed by atoms with van der Waals surface area (Å²) in [7, 11) is 0. The Balaban J connectivity index is 1.71. The lowest BCUT2D eigenvalue weighted by atomic mass is 9.84. The highest BCUT2D eigenvalue weighted by molar-refractivity contribution is 5.56. The maximum absolute atomic E-state index is 11.2. The summed E-state index contributed by atoms with van der Waals surface area (Å²) in [5.74, 6) is 0. The molecule has 3 aromatic carbocycles. The van der Waals surface area contributed by atoms with E-state index in [2.05, 4.69) is 34.4 Å². The Hall–Kier alpha value is -3.62. The molecule has 0 aromatic heterocycles. The van der Waals surface area contributed by atoms with Crippen LogP contribution in [-0.2, 0) is 10.4 Å². The molecule has 0 bridgehead atoms. The summed E-state index contributed by atoms with van der Waals surface area (Å²) in [5, 5.41) is 22.5. The molecule has 2 aliphatic heterocycles. The van der Waals surface area contributed by atoms with Gasteiger partial charge in [-0.05, 0) is 23.3 Å². The van der Waals surface area contributed by atoms with Gasteiger partial charge < -0.3 is 4.74 Å². The van der Waals surface area contributed by atoms with E-state index in [4.69, 9.17) is 9.85 Å². The lowest BCUT2D eigenvalue weighted by Gasteiger charge is -2.49. The summed E-state index contributed by atoms with van der Waals surface area (Å²) in [6.07, 6.45) is 0. The van der Waals surface area contributed by atoms with Crippen LogP contribution in [0.4, 0.5) is 11.4 Å². The minimum atomic E-state index is -0.734. The number of benzene rings is 3. The molecule has 0 aliphatic carbocycles. The van der Waals surface area contributed by atoms with Gasteiger partial charge in [-0.3, -0.25) is 15.0 Å². The van der Waals surface area contributed by atoms with E-state index in [1.165, 1.54) is 12.1 Å². The Morgan fingerprint density at radius 2 is 1.53 bits per heavy atom. The number of hydrogen-bond acceptors (Lipinski definition) is 7. The van der Waals surface area contributed by atoms with E-state index in [1.807, 2.05) is 41.4 Å². The van der Waals surface area contributed by atoms with E-state index in [0.29, 0.717) is 26.3 Å². The highest BCUT2D eigenvalue weighted by Crippen LogP contribution is 2.52. The molecule has 2 atom stereocenters. The molecule has 2 heterocycles. The van der Waals surface area contributed by atoms with Crippen molar-refractivity contribution >= 4 is 11.4 Å². The van der Waals surface area contributed by atoms with E-state index >= 15 is 0 Å². The first kappa shape index (κ1) is 20.3. The lowest BCUT2D eigenvalue weighted by Crippen LogP contribution is -2.60. The Morgan fingerprint density at radius 3 is 2.16 bits per heavy atom. The number of nitro groups is 1. The molecule has 0 amide bonds. The summed E-state index contributed by atoms with van der Waals surface area (Å²) in [6.45, 7) is 2.66. The number of rotatable bonds is 5. The standard InChI is InChI=1S/C24H23N5O3/c30-29(31)22-13-11-21(12-14-22)28-24(20-9-5-2-6-10-20,27-15-17-32-18-16-27)23(25-26-28)19-7-3-1-4-8-19/h1-14,23H,15-18H2/t23-,24-/m0/s1.